The summed E-state index contributed by atoms with van der Waals surface area (Å²) in [6.07, 6.45) is 0. The highest BCUT2D eigenvalue weighted by Crippen LogP contribution is 2.22. The highest BCUT2D eigenvalue weighted by atomic mass is 79.9. The minimum Gasteiger partial charge on any atom is -0.330 e. The number of nitrogens with one attached hydrogen (secondary N) is 1. The first-order valence-electron chi connectivity index (χ1n) is 9.76. The molecule has 4 aromatic rings. The number of aromatic nitrogens is 2. The minimum absolute atomic E-state index is 0.0208. The van der Waals surface area contributed by atoms with Gasteiger partial charge >= 0.3 is 0 Å². The van der Waals surface area contributed by atoms with Crippen LogP contribution in [0.15, 0.2) is 93.0 Å². The molecule has 5 nitrogen and oxygen atoms in total. The van der Waals surface area contributed by atoms with Crippen LogP contribution in [0.1, 0.15) is 11.4 Å². The second kappa shape index (κ2) is 9.94. The zero-order chi connectivity index (χ0) is 21.6. The van der Waals surface area contributed by atoms with Crippen LogP contribution >= 0.6 is 27.7 Å². The number of hydrogen-bond donors (Lipinski definition) is 1. The highest BCUT2D eigenvalue weighted by molar-refractivity contribution is 9.10. The molecule has 7 heteroatoms. The number of carbonyl (C=O) groups excluding carboxylic acids is 1. The minimum atomic E-state index is -0.197. The maximum Gasteiger partial charge on any atom is 0.258 e. The van der Waals surface area contributed by atoms with Gasteiger partial charge in [-0.3, -0.25) is 9.59 Å². The molecule has 1 heterocycles. The van der Waals surface area contributed by atoms with E-state index in [9.17, 15) is 9.59 Å². The van der Waals surface area contributed by atoms with Crippen molar-refractivity contribution in [3.05, 3.63) is 105 Å². The van der Waals surface area contributed by atoms with Crippen molar-refractivity contribution in [2.24, 2.45) is 0 Å². The highest BCUT2D eigenvalue weighted by Gasteiger charge is 2.17. The van der Waals surface area contributed by atoms with Gasteiger partial charge in [-0.25, -0.2) is 4.98 Å². The number of para-hydroxylation sites is 1. The Labute approximate surface area is 192 Å². The summed E-state index contributed by atoms with van der Waals surface area (Å²) < 4.78 is 1.00. The van der Waals surface area contributed by atoms with E-state index in [2.05, 4.69) is 25.9 Å². The van der Waals surface area contributed by atoms with Crippen molar-refractivity contribution in [3.63, 3.8) is 0 Å². The first kappa shape index (κ1) is 21.3. The van der Waals surface area contributed by atoms with Gasteiger partial charge in [0, 0.05) is 15.9 Å². The van der Waals surface area contributed by atoms with Crippen molar-refractivity contribution in [2.45, 2.75) is 18.0 Å². The molecular weight excluding hydrogens is 474 g/mol. The van der Waals surface area contributed by atoms with E-state index >= 15 is 0 Å². The van der Waals surface area contributed by atoms with Crippen LogP contribution in [0.2, 0.25) is 0 Å². The largest absolute Gasteiger partial charge is 0.330 e. The second-order valence-corrected chi connectivity index (χ2v) is 8.97. The van der Waals surface area contributed by atoms with Crippen LogP contribution in [0.5, 0.6) is 0 Å². The Morgan fingerprint density at radius 2 is 1.65 bits per heavy atom. The molecule has 0 aliphatic heterocycles. The van der Waals surface area contributed by atoms with E-state index in [1.165, 1.54) is 11.8 Å². The Bertz CT molecular complexity index is 1240. The number of thioether (sulfide) groups is 1. The van der Waals surface area contributed by atoms with Crippen molar-refractivity contribution in [2.75, 3.05) is 5.75 Å². The number of carbonyl (C=O) groups is 1. The van der Waals surface area contributed by atoms with Crippen LogP contribution < -0.4 is 5.56 Å². The van der Waals surface area contributed by atoms with Crippen LogP contribution in [0.25, 0.3) is 10.9 Å². The molecule has 156 valence electrons. The van der Waals surface area contributed by atoms with Crippen molar-refractivity contribution in [3.8, 4) is 0 Å². The first-order chi connectivity index (χ1) is 15.1. The van der Waals surface area contributed by atoms with Gasteiger partial charge in [-0.05, 0) is 42.0 Å². The molecule has 0 saturated heterocycles. The lowest BCUT2D eigenvalue weighted by Crippen LogP contribution is -2.33. The fourth-order valence-corrected chi connectivity index (χ4v) is 4.26. The predicted molar refractivity (Wildman–Crippen MR) is 128 cm³/mol. The van der Waals surface area contributed by atoms with E-state index in [-0.39, 0.29) is 18.0 Å². The van der Waals surface area contributed by atoms with Gasteiger partial charge in [0.15, 0.2) is 0 Å². The second-order valence-electron chi connectivity index (χ2n) is 7.01. The van der Waals surface area contributed by atoms with Crippen LogP contribution in [-0.2, 0) is 17.9 Å². The summed E-state index contributed by atoms with van der Waals surface area (Å²) in [4.78, 5) is 35.7. The summed E-state index contributed by atoms with van der Waals surface area (Å²) in [7, 11) is 0. The Hall–Kier alpha value is -2.90. The molecule has 0 saturated carbocycles. The summed E-state index contributed by atoms with van der Waals surface area (Å²) >= 11 is 4.91. The molecule has 3 aromatic carbocycles. The Morgan fingerprint density at radius 1 is 0.935 bits per heavy atom. The Morgan fingerprint density at radius 3 is 2.42 bits per heavy atom. The number of aromatic amines is 1. The standard InChI is InChI=1S/C24H20BrN3O2S/c25-18-10-12-19(13-11-18)31-16-23(29)28(14-17-6-2-1-3-7-17)15-22-26-21-9-5-4-8-20(21)24(30)27-22/h1-13H,14-16H2,(H,26,27,30). The third kappa shape index (κ3) is 5.62. The number of hydrogen-bond acceptors (Lipinski definition) is 4. The summed E-state index contributed by atoms with van der Waals surface area (Å²) in [6, 6.07) is 24.9. The molecule has 0 unspecified atom stereocenters. The summed E-state index contributed by atoms with van der Waals surface area (Å²) in [5.41, 5.74) is 1.45. The number of H-pyrrole nitrogens is 1. The van der Waals surface area contributed by atoms with E-state index in [4.69, 9.17) is 0 Å². The van der Waals surface area contributed by atoms with Gasteiger partial charge in [-0.1, -0.05) is 58.4 Å². The molecule has 1 amide bonds. The molecule has 0 fully saturated rings. The number of benzene rings is 3. The lowest BCUT2D eigenvalue weighted by Gasteiger charge is -2.22. The van der Waals surface area contributed by atoms with Crippen molar-refractivity contribution in [1.29, 1.82) is 0 Å². The van der Waals surface area contributed by atoms with Crippen LogP contribution in [0, 0.1) is 0 Å². The monoisotopic (exact) mass is 493 g/mol. The lowest BCUT2D eigenvalue weighted by molar-refractivity contribution is -0.129. The van der Waals surface area contributed by atoms with Gasteiger partial charge in [0.2, 0.25) is 5.91 Å². The van der Waals surface area contributed by atoms with Gasteiger partial charge in [0.05, 0.1) is 23.2 Å². The molecule has 0 atom stereocenters. The summed E-state index contributed by atoms with van der Waals surface area (Å²) in [5.74, 6) is 0.751. The molecule has 4 rings (SSSR count). The van der Waals surface area contributed by atoms with Crippen LogP contribution in [0.3, 0.4) is 0 Å². The van der Waals surface area contributed by atoms with E-state index in [1.807, 2.05) is 66.7 Å². The zero-order valence-corrected chi connectivity index (χ0v) is 19.0. The molecule has 0 radical (unpaired) electrons. The van der Waals surface area contributed by atoms with E-state index in [1.54, 1.807) is 17.0 Å². The fourth-order valence-electron chi connectivity index (χ4n) is 3.19. The normalized spacial score (nSPS) is 10.9. The number of nitrogens with zero attached hydrogens (tertiary/aromatic N) is 2. The maximum atomic E-state index is 13.1. The molecule has 0 aliphatic rings. The number of fused-ring (bicyclic) bond motifs is 1. The Balaban J connectivity index is 1.55. The van der Waals surface area contributed by atoms with E-state index < -0.39 is 0 Å². The molecular formula is C24H20BrN3O2S. The van der Waals surface area contributed by atoms with Gasteiger partial charge < -0.3 is 9.88 Å². The molecule has 0 spiro atoms. The topological polar surface area (TPSA) is 66.1 Å². The van der Waals surface area contributed by atoms with Gasteiger partial charge in [0.1, 0.15) is 5.82 Å². The third-order valence-electron chi connectivity index (χ3n) is 4.75. The smallest absolute Gasteiger partial charge is 0.258 e. The van der Waals surface area contributed by atoms with Gasteiger partial charge in [-0.15, -0.1) is 11.8 Å². The first-order valence-corrected chi connectivity index (χ1v) is 11.5. The average molecular weight is 494 g/mol. The fraction of sp³-hybridized carbons (Fsp3) is 0.125. The van der Waals surface area contributed by atoms with Gasteiger partial charge in [-0.2, -0.15) is 0 Å². The summed E-state index contributed by atoms with van der Waals surface area (Å²) in [5, 5.41) is 0.540. The van der Waals surface area contributed by atoms with E-state index in [0.29, 0.717) is 29.0 Å². The predicted octanol–water partition coefficient (Wildman–Crippen LogP) is 5.01. The lowest BCUT2D eigenvalue weighted by atomic mass is 10.2. The Kier molecular flexibility index (Phi) is 6.84. The summed E-state index contributed by atoms with van der Waals surface area (Å²) in [6.45, 7) is 0.672. The molecule has 0 bridgehead atoms. The number of rotatable bonds is 7. The SMILES string of the molecule is O=C(CSc1ccc(Br)cc1)N(Cc1ccccc1)Cc1nc2ccccc2c(=O)[nH]1. The maximum absolute atomic E-state index is 13.1. The average Bonchev–Trinajstić information content (AvgIpc) is 2.79. The zero-order valence-electron chi connectivity index (χ0n) is 16.6. The van der Waals surface area contributed by atoms with E-state index in [0.717, 1.165) is 14.9 Å². The van der Waals surface area contributed by atoms with Gasteiger partial charge in [0.25, 0.3) is 5.56 Å². The quantitative estimate of drug-likeness (QED) is 0.367. The van der Waals surface area contributed by atoms with Crippen LogP contribution in [-0.4, -0.2) is 26.5 Å². The number of amides is 1. The number of halogens is 1. The van der Waals surface area contributed by atoms with Crippen molar-refractivity contribution in [1.82, 2.24) is 14.9 Å². The van der Waals surface area contributed by atoms with Crippen molar-refractivity contribution < 1.29 is 4.79 Å². The molecule has 0 aliphatic carbocycles. The van der Waals surface area contributed by atoms with Crippen LogP contribution in [0.4, 0.5) is 0 Å². The third-order valence-corrected chi connectivity index (χ3v) is 6.27. The van der Waals surface area contributed by atoms with Crippen molar-refractivity contribution >= 4 is 44.5 Å². The molecule has 1 N–H and O–H groups in total. The molecule has 31 heavy (non-hydrogen) atoms. The molecule has 1 aromatic heterocycles.